The SMILES string of the molecule is CCC(O)CCNc1nccc2ccc(OC)cc12. The van der Waals surface area contributed by atoms with Crippen molar-refractivity contribution in [3.05, 3.63) is 30.5 Å². The van der Waals surface area contributed by atoms with E-state index in [1.807, 2.05) is 31.2 Å². The molecule has 0 fully saturated rings. The van der Waals surface area contributed by atoms with Crippen LogP contribution in [0.3, 0.4) is 0 Å². The predicted octanol–water partition coefficient (Wildman–Crippen LogP) is 2.82. The van der Waals surface area contributed by atoms with Crippen LogP contribution in [0.4, 0.5) is 5.82 Å². The third-order valence-electron chi connectivity index (χ3n) is 3.21. The number of aliphatic hydroxyl groups is 1. The van der Waals surface area contributed by atoms with Crippen molar-refractivity contribution in [2.24, 2.45) is 0 Å². The van der Waals surface area contributed by atoms with Gasteiger partial charge in [-0.25, -0.2) is 4.98 Å². The van der Waals surface area contributed by atoms with Crippen LogP contribution in [-0.2, 0) is 0 Å². The summed E-state index contributed by atoms with van der Waals surface area (Å²) < 4.78 is 5.24. The first kappa shape index (κ1) is 13.6. The molecule has 1 atom stereocenters. The fourth-order valence-corrected chi connectivity index (χ4v) is 1.98. The second-order valence-electron chi connectivity index (χ2n) is 4.52. The highest BCUT2D eigenvalue weighted by Crippen LogP contribution is 2.25. The lowest BCUT2D eigenvalue weighted by atomic mass is 10.1. The Morgan fingerprint density at radius 2 is 2.21 bits per heavy atom. The smallest absolute Gasteiger partial charge is 0.133 e. The van der Waals surface area contributed by atoms with Crippen molar-refractivity contribution in [3.8, 4) is 5.75 Å². The number of benzene rings is 1. The molecular weight excluding hydrogens is 240 g/mol. The van der Waals surface area contributed by atoms with Crippen LogP contribution in [0, 0.1) is 0 Å². The van der Waals surface area contributed by atoms with Gasteiger partial charge in [0.1, 0.15) is 11.6 Å². The number of ether oxygens (including phenoxy) is 1. The third kappa shape index (κ3) is 3.35. The number of hydrogen-bond donors (Lipinski definition) is 2. The minimum atomic E-state index is -0.253. The Morgan fingerprint density at radius 3 is 2.95 bits per heavy atom. The van der Waals surface area contributed by atoms with Gasteiger partial charge in [-0.2, -0.15) is 0 Å². The van der Waals surface area contributed by atoms with Gasteiger partial charge in [-0.05, 0) is 36.4 Å². The van der Waals surface area contributed by atoms with Crippen molar-refractivity contribution in [1.82, 2.24) is 4.98 Å². The average Bonchev–Trinajstić information content (AvgIpc) is 2.46. The van der Waals surface area contributed by atoms with Gasteiger partial charge in [0.05, 0.1) is 13.2 Å². The van der Waals surface area contributed by atoms with Crippen molar-refractivity contribution >= 4 is 16.6 Å². The van der Waals surface area contributed by atoms with E-state index in [4.69, 9.17) is 4.74 Å². The first-order chi connectivity index (χ1) is 9.24. The number of pyridine rings is 1. The van der Waals surface area contributed by atoms with Crippen LogP contribution in [0.5, 0.6) is 5.75 Å². The Labute approximate surface area is 113 Å². The van der Waals surface area contributed by atoms with Crippen molar-refractivity contribution in [2.75, 3.05) is 19.0 Å². The van der Waals surface area contributed by atoms with Gasteiger partial charge in [-0.15, -0.1) is 0 Å². The number of anilines is 1. The number of aliphatic hydroxyl groups excluding tert-OH is 1. The topological polar surface area (TPSA) is 54.4 Å². The summed E-state index contributed by atoms with van der Waals surface area (Å²) in [6.07, 6.45) is 3.03. The molecule has 0 bridgehead atoms. The van der Waals surface area contributed by atoms with E-state index in [0.29, 0.717) is 6.54 Å². The molecule has 0 amide bonds. The Hall–Kier alpha value is -1.81. The first-order valence-electron chi connectivity index (χ1n) is 6.59. The summed E-state index contributed by atoms with van der Waals surface area (Å²) in [5.74, 6) is 1.65. The molecule has 0 saturated carbocycles. The molecule has 4 heteroatoms. The zero-order chi connectivity index (χ0) is 13.7. The zero-order valence-electron chi connectivity index (χ0n) is 11.4. The average molecular weight is 260 g/mol. The van der Waals surface area contributed by atoms with Gasteiger partial charge < -0.3 is 15.2 Å². The molecule has 0 aliphatic rings. The van der Waals surface area contributed by atoms with Crippen LogP contribution < -0.4 is 10.1 Å². The Balaban J connectivity index is 2.17. The van der Waals surface area contributed by atoms with E-state index < -0.39 is 0 Å². The summed E-state index contributed by atoms with van der Waals surface area (Å²) in [7, 11) is 1.66. The van der Waals surface area contributed by atoms with Crippen molar-refractivity contribution in [2.45, 2.75) is 25.9 Å². The minimum Gasteiger partial charge on any atom is -0.497 e. The van der Waals surface area contributed by atoms with Gasteiger partial charge in [-0.3, -0.25) is 0 Å². The summed E-state index contributed by atoms with van der Waals surface area (Å²) in [6, 6.07) is 7.90. The summed E-state index contributed by atoms with van der Waals surface area (Å²) in [6.45, 7) is 2.68. The Kier molecular flexibility index (Phi) is 4.58. The molecule has 0 saturated heterocycles. The maximum Gasteiger partial charge on any atom is 0.133 e. The molecule has 0 aliphatic heterocycles. The second-order valence-corrected chi connectivity index (χ2v) is 4.52. The van der Waals surface area contributed by atoms with E-state index in [1.54, 1.807) is 13.3 Å². The molecular formula is C15H20N2O2. The number of fused-ring (bicyclic) bond motifs is 1. The fourth-order valence-electron chi connectivity index (χ4n) is 1.98. The Morgan fingerprint density at radius 1 is 1.37 bits per heavy atom. The van der Waals surface area contributed by atoms with Gasteiger partial charge in [0, 0.05) is 18.1 Å². The lowest BCUT2D eigenvalue weighted by molar-refractivity contribution is 0.164. The number of rotatable bonds is 6. The lowest BCUT2D eigenvalue weighted by Gasteiger charge is -2.11. The highest BCUT2D eigenvalue weighted by Gasteiger charge is 2.05. The number of nitrogens with zero attached hydrogens (tertiary/aromatic N) is 1. The standard InChI is InChI=1S/C15H20N2O2/c1-3-12(18)7-9-17-15-14-10-13(19-2)5-4-11(14)6-8-16-15/h4-6,8,10,12,18H,3,7,9H2,1-2H3,(H,16,17). The maximum absolute atomic E-state index is 9.55. The number of hydrogen-bond acceptors (Lipinski definition) is 4. The summed E-state index contributed by atoms with van der Waals surface area (Å²) in [5.41, 5.74) is 0. The number of methoxy groups -OCH3 is 1. The van der Waals surface area contributed by atoms with Crippen molar-refractivity contribution < 1.29 is 9.84 Å². The molecule has 0 radical (unpaired) electrons. The van der Waals surface area contributed by atoms with Crippen LogP contribution >= 0.6 is 0 Å². The van der Waals surface area contributed by atoms with Crippen LogP contribution in [0.15, 0.2) is 30.5 Å². The molecule has 2 rings (SSSR count). The molecule has 0 aliphatic carbocycles. The van der Waals surface area contributed by atoms with Gasteiger partial charge in [0.2, 0.25) is 0 Å². The van der Waals surface area contributed by atoms with Gasteiger partial charge in [0.25, 0.3) is 0 Å². The fraction of sp³-hybridized carbons (Fsp3) is 0.400. The summed E-state index contributed by atoms with van der Waals surface area (Å²) >= 11 is 0. The van der Waals surface area contributed by atoms with E-state index in [-0.39, 0.29) is 6.10 Å². The first-order valence-corrected chi connectivity index (χ1v) is 6.59. The van der Waals surface area contributed by atoms with Crippen LogP contribution in [-0.4, -0.2) is 29.8 Å². The molecule has 1 aromatic heterocycles. The number of nitrogens with one attached hydrogen (secondary N) is 1. The van der Waals surface area contributed by atoms with Crippen LogP contribution in [0.2, 0.25) is 0 Å². The molecule has 4 nitrogen and oxygen atoms in total. The van der Waals surface area contributed by atoms with E-state index in [9.17, 15) is 5.11 Å². The van der Waals surface area contributed by atoms with Gasteiger partial charge in [-0.1, -0.05) is 13.0 Å². The summed E-state index contributed by atoms with van der Waals surface area (Å²) in [4.78, 5) is 4.36. The molecule has 2 aromatic rings. The normalized spacial score (nSPS) is 12.4. The van der Waals surface area contributed by atoms with Gasteiger partial charge >= 0.3 is 0 Å². The predicted molar refractivity (Wildman–Crippen MR) is 77.7 cm³/mol. The molecule has 19 heavy (non-hydrogen) atoms. The highest BCUT2D eigenvalue weighted by atomic mass is 16.5. The van der Waals surface area contributed by atoms with E-state index in [1.165, 1.54) is 0 Å². The largest absolute Gasteiger partial charge is 0.497 e. The molecule has 102 valence electrons. The van der Waals surface area contributed by atoms with E-state index in [0.717, 1.165) is 35.2 Å². The van der Waals surface area contributed by atoms with Crippen molar-refractivity contribution in [1.29, 1.82) is 0 Å². The van der Waals surface area contributed by atoms with Crippen LogP contribution in [0.25, 0.3) is 10.8 Å². The summed E-state index contributed by atoms with van der Waals surface area (Å²) in [5, 5.41) is 15.0. The second kappa shape index (κ2) is 6.38. The molecule has 0 spiro atoms. The number of aromatic nitrogens is 1. The maximum atomic E-state index is 9.55. The molecule has 1 unspecified atom stereocenters. The van der Waals surface area contributed by atoms with E-state index in [2.05, 4.69) is 10.3 Å². The van der Waals surface area contributed by atoms with E-state index >= 15 is 0 Å². The zero-order valence-corrected chi connectivity index (χ0v) is 11.4. The minimum absolute atomic E-state index is 0.253. The monoisotopic (exact) mass is 260 g/mol. The highest BCUT2D eigenvalue weighted by molar-refractivity contribution is 5.92. The van der Waals surface area contributed by atoms with Crippen molar-refractivity contribution in [3.63, 3.8) is 0 Å². The molecule has 1 heterocycles. The van der Waals surface area contributed by atoms with Crippen LogP contribution in [0.1, 0.15) is 19.8 Å². The quantitative estimate of drug-likeness (QED) is 0.838. The Bertz CT molecular complexity index is 543. The molecule has 2 N–H and O–H groups in total. The molecule has 1 aromatic carbocycles. The van der Waals surface area contributed by atoms with Gasteiger partial charge in [0.15, 0.2) is 0 Å². The third-order valence-corrected chi connectivity index (χ3v) is 3.21. The lowest BCUT2D eigenvalue weighted by Crippen LogP contribution is -2.12.